The molecular weight excluding hydrogens is 380 g/mol. The Bertz CT molecular complexity index is 807. The number of carbonyl (C=O) groups is 2. The van der Waals surface area contributed by atoms with Gasteiger partial charge in [-0.1, -0.05) is 33.1 Å². The molecule has 8 heteroatoms. The van der Waals surface area contributed by atoms with E-state index in [1.807, 2.05) is 0 Å². The van der Waals surface area contributed by atoms with E-state index in [0.717, 1.165) is 37.5 Å². The van der Waals surface area contributed by atoms with Gasteiger partial charge in [0.1, 0.15) is 0 Å². The molecule has 0 spiro atoms. The molecular formula is C20H30N2O5S. The average molecular weight is 411 g/mol. The third-order valence-electron chi connectivity index (χ3n) is 5.03. The average Bonchev–Trinajstić information content (AvgIpc) is 3.09. The highest BCUT2D eigenvalue weighted by molar-refractivity contribution is 7.92. The molecule has 7 nitrogen and oxygen atoms in total. The summed E-state index contributed by atoms with van der Waals surface area (Å²) < 4.78 is 30.0. The van der Waals surface area contributed by atoms with Gasteiger partial charge in [-0.15, -0.1) is 0 Å². The Hall–Kier alpha value is -2.09. The normalized spacial score (nSPS) is 14.5. The third kappa shape index (κ3) is 5.95. The van der Waals surface area contributed by atoms with Crippen LogP contribution in [0.2, 0.25) is 0 Å². The Morgan fingerprint density at radius 1 is 1.29 bits per heavy atom. The lowest BCUT2D eigenvalue weighted by atomic mass is 9.99. The molecule has 1 heterocycles. The maximum absolute atomic E-state index is 12.2. The van der Waals surface area contributed by atoms with Crippen LogP contribution in [0, 0.1) is 5.92 Å². The van der Waals surface area contributed by atoms with Gasteiger partial charge in [-0.25, -0.2) is 13.2 Å². The lowest BCUT2D eigenvalue weighted by Crippen LogP contribution is -2.32. The number of nitrogens with one attached hydrogen (secondary N) is 1. The van der Waals surface area contributed by atoms with Gasteiger partial charge in [0.25, 0.3) is 5.91 Å². The minimum Gasteiger partial charge on any atom is -0.452 e. The number of nitrogens with zero attached hydrogens (tertiary/aromatic N) is 1. The van der Waals surface area contributed by atoms with Crippen molar-refractivity contribution in [1.82, 2.24) is 5.32 Å². The first-order valence-electron chi connectivity index (χ1n) is 9.80. The highest BCUT2D eigenvalue weighted by Gasteiger charge is 2.27. The lowest BCUT2D eigenvalue weighted by molar-refractivity contribution is -0.124. The molecule has 2 rings (SSSR count). The van der Waals surface area contributed by atoms with E-state index < -0.39 is 16.0 Å². The van der Waals surface area contributed by atoms with E-state index in [1.54, 1.807) is 12.1 Å². The molecule has 0 aliphatic carbocycles. The van der Waals surface area contributed by atoms with Crippen molar-refractivity contribution in [3.05, 3.63) is 29.3 Å². The van der Waals surface area contributed by atoms with Crippen LogP contribution in [0.25, 0.3) is 0 Å². The maximum atomic E-state index is 12.2. The maximum Gasteiger partial charge on any atom is 0.338 e. The number of fused-ring (bicyclic) bond motifs is 1. The minimum absolute atomic E-state index is 0.312. The number of hydrogen-bond acceptors (Lipinski definition) is 5. The van der Waals surface area contributed by atoms with Gasteiger partial charge in [-0.2, -0.15) is 0 Å². The van der Waals surface area contributed by atoms with Crippen molar-refractivity contribution in [2.75, 3.05) is 30.3 Å². The Balaban J connectivity index is 1.86. The lowest BCUT2D eigenvalue weighted by Gasteiger charge is -2.16. The molecule has 0 radical (unpaired) electrons. The fourth-order valence-corrected chi connectivity index (χ4v) is 4.27. The minimum atomic E-state index is -3.33. The van der Waals surface area contributed by atoms with Crippen molar-refractivity contribution in [1.29, 1.82) is 0 Å². The molecule has 0 fully saturated rings. The van der Waals surface area contributed by atoms with E-state index >= 15 is 0 Å². The fraction of sp³-hybridized carbons (Fsp3) is 0.600. The van der Waals surface area contributed by atoms with Crippen LogP contribution in [-0.2, 0) is 26.0 Å². The molecule has 156 valence electrons. The second-order valence-corrected chi connectivity index (χ2v) is 9.13. The summed E-state index contributed by atoms with van der Waals surface area (Å²) in [4.78, 5) is 24.2. The number of amides is 1. The van der Waals surface area contributed by atoms with Gasteiger partial charge in [0, 0.05) is 13.1 Å². The Labute approximate surface area is 167 Å². The predicted octanol–water partition coefficient (Wildman–Crippen LogP) is 2.50. The number of esters is 1. The summed E-state index contributed by atoms with van der Waals surface area (Å²) in [5.41, 5.74) is 1.69. The number of benzene rings is 1. The van der Waals surface area contributed by atoms with Gasteiger partial charge < -0.3 is 10.1 Å². The van der Waals surface area contributed by atoms with Crippen LogP contribution in [0.4, 0.5) is 5.69 Å². The summed E-state index contributed by atoms with van der Waals surface area (Å²) in [5.74, 6) is -0.462. The Morgan fingerprint density at radius 3 is 2.68 bits per heavy atom. The zero-order chi connectivity index (χ0) is 20.7. The summed E-state index contributed by atoms with van der Waals surface area (Å²) in [6.45, 7) is 4.88. The summed E-state index contributed by atoms with van der Waals surface area (Å²) in [6.07, 6.45) is 6.05. The number of sulfonamides is 1. The fourth-order valence-electron chi connectivity index (χ4n) is 3.31. The summed E-state index contributed by atoms with van der Waals surface area (Å²) in [5, 5.41) is 2.82. The molecule has 1 aliphatic heterocycles. The summed E-state index contributed by atoms with van der Waals surface area (Å²) >= 11 is 0. The second kappa shape index (κ2) is 9.91. The van der Waals surface area contributed by atoms with Crippen molar-refractivity contribution in [2.24, 2.45) is 5.92 Å². The van der Waals surface area contributed by atoms with Gasteiger partial charge >= 0.3 is 5.97 Å². The quantitative estimate of drug-likeness (QED) is 0.598. The first kappa shape index (κ1) is 22.2. The Kier molecular flexibility index (Phi) is 7.86. The van der Waals surface area contributed by atoms with Crippen LogP contribution in [0.1, 0.15) is 55.5 Å². The van der Waals surface area contributed by atoms with Crippen LogP contribution < -0.4 is 9.62 Å². The van der Waals surface area contributed by atoms with Crippen molar-refractivity contribution >= 4 is 27.6 Å². The van der Waals surface area contributed by atoms with Crippen LogP contribution >= 0.6 is 0 Å². The van der Waals surface area contributed by atoms with Crippen LogP contribution in [0.15, 0.2) is 18.2 Å². The van der Waals surface area contributed by atoms with Crippen molar-refractivity contribution in [3.8, 4) is 0 Å². The van der Waals surface area contributed by atoms with E-state index in [-0.39, 0.29) is 12.5 Å². The predicted molar refractivity (Wildman–Crippen MR) is 109 cm³/mol. The van der Waals surface area contributed by atoms with Crippen molar-refractivity contribution in [3.63, 3.8) is 0 Å². The van der Waals surface area contributed by atoms with E-state index in [2.05, 4.69) is 19.2 Å². The topological polar surface area (TPSA) is 92.8 Å². The van der Waals surface area contributed by atoms with Gasteiger partial charge in [-0.05, 0) is 42.5 Å². The molecule has 1 aliphatic rings. The third-order valence-corrected chi connectivity index (χ3v) is 6.21. The smallest absolute Gasteiger partial charge is 0.338 e. The number of ether oxygens (including phenoxy) is 1. The second-order valence-electron chi connectivity index (χ2n) is 7.23. The number of anilines is 1. The van der Waals surface area contributed by atoms with Gasteiger partial charge in [0.2, 0.25) is 10.0 Å². The highest BCUT2D eigenvalue weighted by Crippen LogP contribution is 2.30. The molecule has 0 unspecified atom stereocenters. The molecule has 1 aromatic rings. The number of unbranched alkanes of at least 4 members (excludes halogenated alkanes) is 1. The van der Waals surface area contributed by atoms with E-state index in [9.17, 15) is 18.0 Å². The van der Waals surface area contributed by atoms with Gasteiger partial charge in [0.15, 0.2) is 6.61 Å². The Morgan fingerprint density at radius 2 is 2.04 bits per heavy atom. The molecule has 0 saturated carbocycles. The molecule has 0 bridgehead atoms. The molecule has 1 N–H and O–H groups in total. The first-order valence-corrected chi connectivity index (χ1v) is 11.7. The van der Waals surface area contributed by atoms with Gasteiger partial charge in [-0.3, -0.25) is 9.10 Å². The van der Waals surface area contributed by atoms with Crippen LogP contribution in [-0.4, -0.2) is 46.2 Å². The van der Waals surface area contributed by atoms with Crippen LogP contribution in [0.5, 0.6) is 0 Å². The summed E-state index contributed by atoms with van der Waals surface area (Å²) in [6, 6.07) is 4.78. The number of hydrogen-bond donors (Lipinski definition) is 1. The standard InChI is InChI=1S/C20H30N2O5S/c1-4-6-7-15(5-2)13-21-19(23)14-27-20(24)17-8-9-18-16(12-17)10-11-22(18)28(3,25)26/h8-9,12,15H,4-7,10-11,13-14H2,1-3H3,(H,21,23)/t15-/m1/s1. The van der Waals surface area contributed by atoms with E-state index in [0.29, 0.717) is 36.7 Å². The SMILES string of the molecule is CCCC[C@@H](CC)CNC(=O)COC(=O)c1ccc2c(c1)CCN2S(C)(=O)=O. The van der Waals surface area contributed by atoms with Crippen molar-refractivity contribution in [2.45, 2.75) is 46.0 Å². The zero-order valence-corrected chi connectivity index (χ0v) is 17.7. The van der Waals surface area contributed by atoms with Crippen molar-refractivity contribution < 1.29 is 22.7 Å². The van der Waals surface area contributed by atoms with E-state index in [1.165, 1.54) is 10.4 Å². The van der Waals surface area contributed by atoms with Crippen LogP contribution in [0.3, 0.4) is 0 Å². The summed E-state index contributed by atoms with van der Waals surface area (Å²) in [7, 11) is -3.33. The molecule has 1 aromatic carbocycles. The molecule has 1 atom stereocenters. The zero-order valence-electron chi connectivity index (χ0n) is 16.9. The molecule has 0 aromatic heterocycles. The number of rotatable bonds is 10. The molecule has 1 amide bonds. The first-order chi connectivity index (χ1) is 13.3. The van der Waals surface area contributed by atoms with E-state index in [4.69, 9.17) is 4.74 Å². The molecule has 28 heavy (non-hydrogen) atoms. The highest BCUT2D eigenvalue weighted by atomic mass is 32.2. The monoisotopic (exact) mass is 410 g/mol. The molecule has 0 saturated heterocycles. The van der Waals surface area contributed by atoms with Gasteiger partial charge in [0.05, 0.1) is 17.5 Å². The number of carbonyl (C=O) groups excluding carboxylic acids is 2. The largest absolute Gasteiger partial charge is 0.452 e.